The van der Waals surface area contributed by atoms with E-state index in [0.29, 0.717) is 5.56 Å². The van der Waals surface area contributed by atoms with Crippen LogP contribution in [0.1, 0.15) is 24.5 Å². The highest BCUT2D eigenvalue weighted by atomic mass is 32.2. The summed E-state index contributed by atoms with van der Waals surface area (Å²) in [6.07, 6.45) is 1.87. The fraction of sp³-hybridized carbons (Fsp3) is 0.400. The molecule has 78 valence electrons. The SMILES string of the molecule is CCCc1ccc(C)c(S(N)(=O)=O)c1. The van der Waals surface area contributed by atoms with Gasteiger partial charge in [0.15, 0.2) is 0 Å². The van der Waals surface area contributed by atoms with E-state index < -0.39 is 10.0 Å². The molecule has 3 nitrogen and oxygen atoms in total. The van der Waals surface area contributed by atoms with Crippen molar-refractivity contribution in [2.45, 2.75) is 31.6 Å². The van der Waals surface area contributed by atoms with Crippen LogP contribution in [0.15, 0.2) is 23.1 Å². The Morgan fingerprint density at radius 3 is 2.50 bits per heavy atom. The molecule has 14 heavy (non-hydrogen) atoms. The van der Waals surface area contributed by atoms with Crippen molar-refractivity contribution in [3.63, 3.8) is 0 Å². The lowest BCUT2D eigenvalue weighted by Gasteiger charge is -2.05. The van der Waals surface area contributed by atoms with Crippen LogP contribution in [-0.2, 0) is 16.4 Å². The van der Waals surface area contributed by atoms with E-state index in [1.54, 1.807) is 19.1 Å². The molecule has 0 aliphatic rings. The maximum atomic E-state index is 11.2. The van der Waals surface area contributed by atoms with Crippen molar-refractivity contribution in [1.29, 1.82) is 0 Å². The summed E-state index contributed by atoms with van der Waals surface area (Å²) in [6, 6.07) is 5.40. The molecule has 0 unspecified atom stereocenters. The smallest absolute Gasteiger partial charge is 0.225 e. The van der Waals surface area contributed by atoms with Gasteiger partial charge in [0, 0.05) is 0 Å². The van der Waals surface area contributed by atoms with Gasteiger partial charge in [-0.05, 0) is 30.5 Å². The summed E-state index contributed by atoms with van der Waals surface area (Å²) in [5.41, 5.74) is 1.72. The summed E-state index contributed by atoms with van der Waals surface area (Å²) in [5, 5.41) is 5.09. The third-order valence-electron chi connectivity index (χ3n) is 2.10. The highest BCUT2D eigenvalue weighted by Gasteiger charge is 2.11. The Hall–Kier alpha value is -0.870. The second-order valence-corrected chi connectivity index (χ2v) is 4.92. The first-order valence-electron chi connectivity index (χ1n) is 4.57. The molecule has 1 aromatic rings. The zero-order valence-electron chi connectivity index (χ0n) is 8.45. The number of rotatable bonds is 3. The van der Waals surface area contributed by atoms with Crippen molar-refractivity contribution in [2.75, 3.05) is 0 Å². The molecule has 0 atom stereocenters. The number of sulfonamides is 1. The van der Waals surface area contributed by atoms with E-state index in [9.17, 15) is 8.42 Å². The summed E-state index contributed by atoms with van der Waals surface area (Å²) in [7, 11) is -3.57. The number of nitrogens with two attached hydrogens (primary N) is 1. The van der Waals surface area contributed by atoms with E-state index in [1.807, 2.05) is 6.07 Å². The fourth-order valence-corrected chi connectivity index (χ4v) is 2.23. The summed E-state index contributed by atoms with van der Waals surface area (Å²) in [4.78, 5) is 0.239. The zero-order chi connectivity index (χ0) is 10.8. The van der Waals surface area contributed by atoms with Crippen LogP contribution in [0.25, 0.3) is 0 Å². The molecular weight excluding hydrogens is 198 g/mol. The predicted octanol–water partition coefficient (Wildman–Crippen LogP) is 1.59. The molecule has 0 aliphatic carbocycles. The monoisotopic (exact) mass is 213 g/mol. The van der Waals surface area contributed by atoms with E-state index in [1.165, 1.54) is 0 Å². The highest BCUT2D eigenvalue weighted by molar-refractivity contribution is 7.89. The summed E-state index contributed by atoms with van der Waals surface area (Å²) in [6.45, 7) is 3.80. The van der Waals surface area contributed by atoms with E-state index in [0.717, 1.165) is 18.4 Å². The first kappa shape index (κ1) is 11.2. The summed E-state index contributed by atoms with van der Waals surface area (Å²) < 4.78 is 22.4. The lowest BCUT2D eigenvalue weighted by molar-refractivity contribution is 0.597. The number of primary sulfonamides is 1. The molecule has 4 heteroatoms. The number of hydrogen-bond donors (Lipinski definition) is 1. The van der Waals surface area contributed by atoms with Crippen LogP contribution in [0.2, 0.25) is 0 Å². The maximum absolute atomic E-state index is 11.2. The van der Waals surface area contributed by atoms with Gasteiger partial charge in [-0.3, -0.25) is 0 Å². The second kappa shape index (κ2) is 4.11. The molecule has 1 aromatic carbocycles. The first-order chi connectivity index (χ1) is 6.45. The normalized spacial score (nSPS) is 11.6. The average molecular weight is 213 g/mol. The quantitative estimate of drug-likeness (QED) is 0.829. The maximum Gasteiger partial charge on any atom is 0.238 e. The fourth-order valence-electron chi connectivity index (χ4n) is 1.40. The number of aryl methyl sites for hydroxylation is 2. The highest BCUT2D eigenvalue weighted by Crippen LogP contribution is 2.16. The molecule has 0 heterocycles. The zero-order valence-corrected chi connectivity index (χ0v) is 9.26. The molecule has 0 spiro atoms. The van der Waals surface area contributed by atoms with Crippen LogP contribution in [0.4, 0.5) is 0 Å². The minimum absolute atomic E-state index is 0.239. The minimum Gasteiger partial charge on any atom is -0.225 e. The molecule has 0 radical (unpaired) electrons. The standard InChI is InChI=1S/C10H15NO2S/c1-3-4-9-6-5-8(2)10(7-9)14(11,12)13/h5-7H,3-4H2,1-2H3,(H2,11,12,13). The lowest BCUT2D eigenvalue weighted by atomic mass is 10.1. The molecule has 0 aromatic heterocycles. The van der Waals surface area contributed by atoms with Crippen LogP contribution in [0.3, 0.4) is 0 Å². The average Bonchev–Trinajstić information content (AvgIpc) is 2.07. The minimum atomic E-state index is -3.57. The van der Waals surface area contributed by atoms with Crippen molar-refractivity contribution in [1.82, 2.24) is 0 Å². The molecule has 0 fully saturated rings. The van der Waals surface area contributed by atoms with Gasteiger partial charge in [0.2, 0.25) is 10.0 Å². The Bertz CT molecular complexity index is 424. The Kier molecular flexibility index (Phi) is 3.29. The van der Waals surface area contributed by atoms with E-state index >= 15 is 0 Å². The van der Waals surface area contributed by atoms with E-state index in [4.69, 9.17) is 5.14 Å². The summed E-state index contributed by atoms with van der Waals surface area (Å²) in [5.74, 6) is 0. The van der Waals surface area contributed by atoms with Gasteiger partial charge < -0.3 is 0 Å². The van der Waals surface area contributed by atoms with Crippen LogP contribution < -0.4 is 5.14 Å². The number of benzene rings is 1. The molecular formula is C10H15NO2S. The van der Waals surface area contributed by atoms with Crippen molar-refractivity contribution in [3.05, 3.63) is 29.3 Å². The van der Waals surface area contributed by atoms with Crippen LogP contribution in [0.5, 0.6) is 0 Å². The van der Waals surface area contributed by atoms with Gasteiger partial charge >= 0.3 is 0 Å². The van der Waals surface area contributed by atoms with Gasteiger partial charge in [-0.15, -0.1) is 0 Å². The Balaban J connectivity index is 3.22. The van der Waals surface area contributed by atoms with E-state index in [2.05, 4.69) is 6.92 Å². The molecule has 0 amide bonds. The van der Waals surface area contributed by atoms with Crippen molar-refractivity contribution < 1.29 is 8.42 Å². The summed E-state index contributed by atoms with van der Waals surface area (Å²) >= 11 is 0. The Labute approximate surface area is 85.0 Å². The Morgan fingerprint density at radius 1 is 1.36 bits per heavy atom. The van der Waals surface area contributed by atoms with Crippen molar-refractivity contribution in [3.8, 4) is 0 Å². The number of hydrogen-bond acceptors (Lipinski definition) is 2. The third kappa shape index (κ3) is 2.56. The van der Waals surface area contributed by atoms with Crippen molar-refractivity contribution in [2.24, 2.45) is 5.14 Å². The van der Waals surface area contributed by atoms with E-state index in [-0.39, 0.29) is 4.90 Å². The predicted molar refractivity (Wildman–Crippen MR) is 56.5 cm³/mol. The molecule has 0 aliphatic heterocycles. The van der Waals surface area contributed by atoms with Crippen molar-refractivity contribution >= 4 is 10.0 Å². The third-order valence-corrected chi connectivity index (χ3v) is 3.15. The van der Waals surface area contributed by atoms with Gasteiger partial charge in [0.05, 0.1) is 4.90 Å². The van der Waals surface area contributed by atoms with Gasteiger partial charge in [-0.1, -0.05) is 25.5 Å². The second-order valence-electron chi connectivity index (χ2n) is 3.39. The van der Waals surface area contributed by atoms with Gasteiger partial charge in [0.1, 0.15) is 0 Å². The first-order valence-corrected chi connectivity index (χ1v) is 6.12. The Morgan fingerprint density at radius 2 is 2.00 bits per heavy atom. The molecule has 0 bridgehead atoms. The van der Waals surface area contributed by atoms with Gasteiger partial charge in [-0.2, -0.15) is 0 Å². The van der Waals surface area contributed by atoms with Gasteiger partial charge in [-0.25, -0.2) is 13.6 Å². The molecule has 0 saturated heterocycles. The topological polar surface area (TPSA) is 60.2 Å². The van der Waals surface area contributed by atoms with Crippen LogP contribution in [0, 0.1) is 6.92 Å². The largest absolute Gasteiger partial charge is 0.238 e. The molecule has 1 rings (SSSR count). The van der Waals surface area contributed by atoms with Crippen LogP contribution in [-0.4, -0.2) is 8.42 Å². The molecule has 0 saturated carbocycles. The molecule has 2 N–H and O–H groups in total. The lowest BCUT2D eigenvalue weighted by Crippen LogP contribution is -2.14. The van der Waals surface area contributed by atoms with Crippen LogP contribution >= 0.6 is 0 Å². The van der Waals surface area contributed by atoms with Gasteiger partial charge in [0.25, 0.3) is 0 Å².